The smallest absolute Gasteiger partial charge is 0.142 e. The zero-order valence-corrected chi connectivity index (χ0v) is 7.01. The highest BCUT2D eigenvalue weighted by Gasteiger charge is 2.05. The number of carbonyl (C=O) groups excluding carboxylic acids is 2. The molecule has 0 spiro atoms. The van der Waals surface area contributed by atoms with Gasteiger partial charge >= 0.3 is 0 Å². The molecule has 1 atom stereocenters. The molecule has 4 heteroatoms. The van der Waals surface area contributed by atoms with E-state index in [2.05, 4.69) is 0 Å². The number of likely N-dealkylation sites (N-methyl/N-ethyl adjacent to an activating group) is 1. The Morgan fingerprint density at radius 3 is 2.67 bits per heavy atom. The SMILES string of the molecule is CN(CCC=O)C(O)/C=C\C=O. The molecule has 0 rings (SSSR count). The minimum atomic E-state index is -0.796. The minimum absolute atomic E-state index is 0.377. The molecule has 0 saturated carbocycles. The molecule has 0 heterocycles. The number of allylic oxidation sites excluding steroid dienone is 1. The van der Waals surface area contributed by atoms with Gasteiger partial charge in [0.25, 0.3) is 0 Å². The summed E-state index contributed by atoms with van der Waals surface area (Å²) in [5, 5.41) is 9.24. The van der Waals surface area contributed by atoms with Crippen LogP contribution in [0.1, 0.15) is 6.42 Å². The van der Waals surface area contributed by atoms with E-state index in [1.807, 2.05) is 0 Å². The van der Waals surface area contributed by atoms with Crippen LogP contribution in [0, 0.1) is 0 Å². The number of rotatable bonds is 6. The Morgan fingerprint density at radius 1 is 1.50 bits per heavy atom. The highest BCUT2D eigenvalue weighted by molar-refractivity contribution is 5.64. The summed E-state index contributed by atoms with van der Waals surface area (Å²) in [6, 6.07) is 0. The summed E-state index contributed by atoms with van der Waals surface area (Å²) >= 11 is 0. The van der Waals surface area contributed by atoms with E-state index in [0.717, 1.165) is 6.29 Å². The van der Waals surface area contributed by atoms with E-state index in [1.54, 1.807) is 11.9 Å². The van der Waals surface area contributed by atoms with E-state index in [-0.39, 0.29) is 0 Å². The molecule has 0 radical (unpaired) electrons. The highest BCUT2D eigenvalue weighted by atomic mass is 16.3. The Balaban J connectivity index is 3.74. The van der Waals surface area contributed by atoms with E-state index >= 15 is 0 Å². The molecule has 4 nitrogen and oxygen atoms in total. The largest absolute Gasteiger partial charge is 0.375 e. The van der Waals surface area contributed by atoms with Gasteiger partial charge in [0.15, 0.2) is 0 Å². The molecule has 1 N–H and O–H groups in total. The van der Waals surface area contributed by atoms with Crippen molar-refractivity contribution in [1.82, 2.24) is 4.90 Å². The van der Waals surface area contributed by atoms with Gasteiger partial charge in [-0.25, -0.2) is 0 Å². The van der Waals surface area contributed by atoms with Crippen LogP contribution in [0.25, 0.3) is 0 Å². The molecule has 0 amide bonds. The van der Waals surface area contributed by atoms with Crippen molar-refractivity contribution in [2.45, 2.75) is 12.6 Å². The second-order valence-electron chi connectivity index (χ2n) is 2.37. The van der Waals surface area contributed by atoms with E-state index in [1.165, 1.54) is 12.2 Å². The minimum Gasteiger partial charge on any atom is -0.375 e. The Morgan fingerprint density at radius 2 is 2.17 bits per heavy atom. The first kappa shape index (κ1) is 11.0. The van der Waals surface area contributed by atoms with Gasteiger partial charge in [-0.05, 0) is 19.2 Å². The van der Waals surface area contributed by atoms with Gasteiger partial charge in [-0.3, -0.25) is 9.69 Å². The van der Waals surface area contributed by atoms with Crippen LogP contribution in [0.2, 0.25) is 0 Å². The zero-order chi connectivity index (χ0) is 9.40. The van der Waals surface area contributed by atoms with Gasteiger partial charge in [0.1, 0.15) is 18.8 Å². The fourth-order valence-corrected chi connectivity index (χ4v) is 0.680. The lowest BCUT2D eigenvalue weighted by Crippen LogP contribution is -2.30. The maximum Gasteiger partial charge on any atom is 0.142 e. The average Bonchev–Trinajstić information content (AvgIpc) is 2.10. The first-order valence-corrected chi connectivity index (χ1v) is 3.66. The lowest BCUT2D eigenvalue weighted by molar-refractivity contribution is -0.108. The number of hydrogen-bond acceptors (Lipinski definition) is 4. The van der Waals surface area contributed by atoms with Crippen molar-refractivity contribution in [3.05, 3.63) is 12.2 Å². The number of aldehydes is 2. The average molecular weight is 171 g/mol. The number of carbonyl (C=O) groups is 2. The van der Waals surface area contributed by atoms with Gasteiger partial charge in [-0.1, -0.05) is 0 Å². The second kappa shape index (κ2) is 6.69. The third-order valence-electron chi connectivity index (χ3n) is 1.41. The van der Waals surface area contributed by atoms with Crippen LogP contribution >= 0.6 is 0 Å². The molecule has 1 unspecified atom stereocenters. The Labute approximate surface area is 71.5 Å². The van der Waals surface area contributed by atoms with E-state index in [0.29, 0.717) is 19.3 Å². The maximum absolute atomic E-state index is 9.96. The van der Waals surface area contributed by atoms with Crippen molar-refractivity contribution >= 4 is 12.6 Å². The van der Waals surface area contributed by atoms with Gasteiger partial charge in [0.05, 0.1) is 0 Å². The summed E-state index contributed by atoms with van der Waals surface area (Å²) in [6.45, 7) is 0.480. The van der Waals surface area contributed by atoms with Crippen LogP contribution < -0.4 is 0 Å². The molecule has 0 aromatic rings. The van der Waals surface area contributed by atoms with Gasteiger partial charge in [-0.2, -0.15) is 0 Å². The molecule has 0 aliphatic rings. The molecule has 0 fully saturated rings. The molecule has 0 aromatic carbocycles. The highest BCUT2D eigenvalue weighted by Crippen LogP contribution is 1.94. The topological polar surface area (TPSA) is 57.6 Å². The van der Waals surface area contributed by atoms with Crippen LogP contribution in [0.3, 0.4) is 0 Å². The van der Waals surface area contributed by atoms with Crippen LogP contribution in [-0.2, 0) is 9.59 Å². The van der Waals surface area contributed by atoms with E-state index < -0.39 is 6.23 Å². The molecule has 0 aliphatic carbocycles. The van der Waals surface area contributed by atoms with Crippen molar-refractivity contribution in [2.24, 2.45) is 0 Å². The van der Waals surface area contributed by atoms with Crippen molar-refractivity contribution < 1.29 is 14.7 Å². The van der Waals surface area contributed by atoms with Crippen LogP contribution in [0.5, 0.6) is 0 Å². The number of nitrogens with zero attached hydrogens (tertiary/aromatic N) is 1. The molecule has 0 aliphatic heterocycles. The predicted octanol–water partition coefficient (Wildman–Crippen LogP) is -0.419. The van der Waals surface area contributed by atoms with Gasteiger partial charge in [0.2, 0.25) is 0 Å². The number of hydrogen-bond donors (Lipinski definition) is 1. The normalized spacial score (nSPS) is 13.6. The van der Waals surface area contributed by atoms with Crippen molar-refractivity contribution in [3.63, 3.8) is 0 Å². The van der Waals surface area contributed by atoms with Crippen LogP contribution in [0.15, 0.2) is 12.2 Å². The Bertz CT molecular complexity index is 168. The van der Waals surface area contributed by atoms with E-state index in [9.17, 15) is 14.7 Å². The molecule has 0 bridgehead atoms. The summed E-state index contributed by atoms with van der Waals surface area (Å²) in [7, 11) is 1.67. The first-order chi connectivity index (χ1) is 5.72. The monoisotopic (exact) mass is 171 g/mol. The van der Waals surface area contributed by atoms with E-state index in [4.69, 9.17) is 0 Å². The summed E-state index contributed by atoms with van der Waals surface area (Å²) in [5.41, 5.74) is 0. The summed E-state index contributed by atoms with van der Waals surface area (Å²) in [5.74, 6) is 0. The molecule has 68 valence electrons. The Kier molecular flexibility index (Phi) is 6.14. The molecule has 12 heavy (non-hydrogen) atoms. The summed E-state index contributed by atoms with van der Waals surface area (Å²) in [6.07, 6.45) is 3.54. The number of aliphatic hydroxyl groups is 1. The van der Waals surface area contributed by atoms with Gasteiger partial charge < -0.3 is 9.90 Å². The van der Waals surface area contributed by atoms with Gasteiger partial charge in [-0.15, -0.1) is 0 Å². The van der Waals surface area contributed by atoms with Crippen molar-refractivity contribution in [3.8, 4) is 0 Å². The first-order valence-electron chi connectivity index (χ1n) is 3.66. The van der Waals surface area contributed by atoms with Crippen LogP contribution in [0.4, 0.5) is 0 Å². The molecule has 0 saturated heterocycles. The third-order valence-corrected chi connectivity index (χ3v) is 1.41. The quantitative estimate of drug-likeness (QED) is 0.335. The molecular weight excluding hydrogens is 158 g/mol. The standard InChI is InChI=1S/C8H13NO3/c1-9(5-3-7-11)8(12)4-2-6-10/h2,4,6-8,12H,3,5H2,1H3/b4-2-. The Hall–Kier alpha value is -1.00. The summed E-state index contributed by atoms with van der Waals surface area (Å²) < 4.78 is 0. The third kappa shape index (κ3) is 4.76. The van der Waals surface area contributed by atoms with Crippen molar-refractivity contribution in [2.75, 3.05) is 13.6 Å². The summed E-state index contributed by atoms with van der Waals surface area (Å²) in [4.78, 5) is 21.4. The fraction of sp³-hybridized carbons (Fsp3) is 0.500. The second-order valence-corrected chi connectivity index (χ2v) is 2.37. The lowest BCUT2D eigenvalue weighted by Gasteiger charge is -2.18. The fourth-order valence-electron chi connectivity index (χ4n) is 0.680. The number of aliphatic hydroxyl groups excluding tert-OH is 1. The molecule has 0 aromatic heterocycles. The predicted molar refractivity (Wildman–Crippen MR) is 44.5 cm³/mol. The van der Waals surface area contributed by atoms with Crippen molar-refractivity contribution in [1.29, 1.82) is 0 Å². The lowest BCUT2D eigenvalue weighted by atomic mass is 10.4. The van der Waals surface area contributed by atoms with Gasteiger partial charge in [0, 0.05) is 13.0 Å². The molecular formula is C8H13NO3. The zero-order valence-electron chi connectivity index (χ0n) is 7.01. The maximum atomic E-state index is 9.96. The van der Waals surface area contributed by atoms with Crippen LogP contribution in [-0.4, -0.2) is 42.4 Å².